The maximum atomic E-state index is 12.8. The average Bonchev–Trinajstić information content (AvgIpc) is 3.04. The van der Waals surface area contributed by atoms with Crippen molar-refractivity contribution in [2.24, 2.45) is 5.92 Å². The summed E-state index contributed by atoms with van der Waals surface area (Å²) in [7, 11) is 0. The number of amides is 2. The standard InChI is InChI=1S/C20H25F3N2O2/c21-20(22,23)17-6-1-4-15(12-17)8-9-16-5-2-10-24(13-16)19(27)14-25-11-3-7-18(25)26/h1,4,6,12,16H,2-3,5,7-11,13-14H2/t16-/m0/s1. The van der Waals surface area contributed by atoms with Crippen molar-refractivity contribution in [2.75, 3.05) is 26.2 Å². The van der Waals surface area contributed by atoms with Gasteiger partial charge in [-0.25, -0.2) is 0 Å². The fourth-order valence-electron chi connectivity index (χ4n) is 3.94. The minimum Gasteiger partial charge on any atom is -0.341 e. The molecule has 0 spiro atoms. The van der Waals surface area contributed by atoms with Crippen LogP contribution in [0.1, 0.15) is 43.2 Å². The number of hydrogen-bond acceptors (Lipinski definition) is 2. The topological polar surface area (TPSA) is 40.6 Å². The fraction of sp³-hybridized carbons (Fsp3) is 0.600. The number of rotatable bonds is 5. The third-order valence-corrected chi connectivity index (χ3v) is 5.46. The van der Waals surface area contributed by atoms with Gasteiger partial charge >= 0.3 is 6.18 Å². The molecule has 0 aliphatic carbocycles. The number of carbonyl (C=O) groups excluding carboxylic acids is 2. The Morgan fingerprint density at radius 2 is 2.00 bits per heavy atom. The minimum absolute atomic E-state index is 0.0194. The maximum absolute atomic E-state index is 12.8. The quantitative estimate of drug-likeness (QED) is 0.782. The molecule has 0 saturated carbocycles. The van der Waals surface area contributed by atoms with Gasteiger partial charge in [0.05, 0.1) is 12.1 Å². The third kappa shape index (κ3) is 5.23. The van der Waals surface area contributed by atoms with Crippen LogP contribution in [0, 0.1) is 5.92 Å². The minimum atomic E-state index is -4.32. The van der Waals surface area contributed by atoms with Crippen LogP contribution in [-0.2, 0) is 22.2 Å². The highest BCUT2D eigenvalue weighted by atomic mass is 19.4. The van der Waals surface area contributed by atoms with E-state index in [0.717, 1.165) is 31.7 Å². The second-order valence-electron chi connectivity index (χ2n) is 7.50. The molecule has 27 heavy (non-hydrogen) atoms. The van der Waals surface area contributed by atoms with E-state index in [2.05, 4.69) is 0 Å². The molecule has 1 atom stereocenters. The van der Waals surface area contributed by atoms with Crippen LogP contribution in [0.25, 0.3) is 0 Å². The lowest BCUT2D eigenvalue weighted by atomic mass is 9.91. The van der Waals surface area contributed by atoms with Crippen LogP contribution in [0.15, 0.2) is 24.3 Å². The monoisotopic (exact) mass is 382 g/mol. The van der Waals surface area contributed by atoms with Crippen LogP contribution in [0.5, 0.6) is 0 Å². The second-order valence-corrected chi connectivity index (χ2v) is 7.50. The molecule has 2 amide bonds. The first kappa shape index (κ1) is 19.7. The normalized spacial score (nSPS) is 21.0. The van der Waals surface area contributed by atoms with Crippen molar-refractivity contribution in [3.63, 3.8) is 0 Å². The summed E-state index contributed by atoms with van der Waals surface area (Å²) < 4.78 is 38.5. The van der Waals surface area contributed by atoms with Gasteiger partial charge in [-0.2, -0.15) is 13.2 Å². The molecule has 1 aromatic carbocycles. The molecular formula is C20H25F3N2O2. The lowest BCUT2D eigenvalue weighted by Crippen LogP contribution is -2.45. The Morgan fingerprint density at radius 1 is 1.19 bits per heavy atom. The van der Waals surface area contributed by atoms with Crippen molar-refractivity contribution in [2.45, 2.75) is 44.7 Å². The number of alkyl halides is 3. The van der Waals surface area contributed by atoms with Gasteiger partial charge in [-0.1, -0.05) is 18.2 Å². The zero-order valence-electron chi connectivity index (χ0n) is 15.3. The van der Waals surface area contributed by atoms with E-state index in [-0.39, 0.29) is 24.3 Å². The molecule has 0 radical (unpaired) electrons. The van der Waals surface area contributed by atoms with Crippen LogP contribution >= 0.6 is 0 Å². The second kappa shape index (κ2) is 8.31. The number of likely N-dealkylation sites (tertiary alicyclic amines) is 2. The zero-order chi connectivity index (χ0) is 19.4. The summed E-state index contributed by atoms with van der Waals surface area (Å²) in [5.41, 5.74) is 0.0617. The Bertz CT molecular complexity index is 690. The Hall–Kier alpha value is -2.05. The van der Waals surface area contributed by atoms with E-state index in [1.807, 2.05) is 4.90 Å². The highest BCUT2D eigenvalue weighted by Gasteiger charge is 2.31. The van der Waals surface area contributed by atoms with Crippen LogP contribution in [0.3, 0.4) is 0 Å². The molecule has 0 N–H and O–H groups in total. The molecule has 2 fully saturated rings. The molecule has 0 bridgehead atoms. The van der Waals surface area contributed by atoms with Gasteiger partial charge in [-0.15, -0.1) is 0 Å². The van der Waals surface area contributed by atoms with Crippen molar-refractivity contribution in [3.8, 4) is 0 Å². The van der Waals surface area contributed by atoms with Gasteiger partial charge in [0.1, 0.15) is 0 Å². The van der Waals surface area contributed by atoms with Crippen molar-refractivity contribution >= 4 is 11.8 Å². The van der Waals surface area contributed by atoms with Gasteiger partial charge in [0, 0.05) is 26.1 Å². The summed E-state index contributed by atoms with van der Waals surface area (Å²) in [6.45, 7) is 2.12. The van der Waals surface area contributed by atoms with Crippen LogP contribution < -0.4 is 0 Å². The first-order valence-corrected chi connectivity index (χ1v) is 9.54. The van der Waals surface area contributed by atoms with Crippen molar-refractivity contribution < 1.29 is 22.8 Å². The fourth-order valence-corrected chi connectivity index (χ4v) is 3.94. The lowest BCUT2D eigenvalue weighted by molar-refractivity contribution is -0.139. The summed E-state index contributed by atoms with van der Waals surface area (Å²) in [4.78, 5) is 27.6. The molecule has 2 aliphatic rings. The predicted octanol–water partition coefficient (Wildman–Crippen LogP) is 3.50. The van der Waals surface area contributed by atoms with E-state index in [4.69, 9.17) is 0 Å². The number of piperidine rings is 1. The molecule has 2 aliphatic heterocycles. The highest BCUT2D eigenvalue weighted by molar-refractivity contribution is 5.85. The number of carbonyl (C=O) groups is 2. The molecular weight excluding hydrogens is 357 g/mol. The molecule has 3 rings (SSSR count). The van der Waals surface area contributed by atoms with Gasteiger partial charge in [0.25, 0.3) is 0 Å². The number of hydrogen-bond donors (Lipinski definition) is 0. The number of halogens is 3. The lowest BCUT2D eigenvalue weighted by Gasteiger charge is -2.34. The molecule has 0 unspecified atom stereocenters. The Morgan fingerprint density at radius 3 is 2.70 bits per heavy atom. The highest BCUT2D eigenvalue weighted by Crippen LogP contribution is 2.30. The Kier molecular flexibility index (Phi) is 6.07. The third-order valence-electron chi connectivity index (χ3n) is 5.46. The van der Waals surface area contributed by atoms with E-state index < -0.39 is 11.7 Å². The molecule has 2 heterocycles. The van der Waals surface area contributed by atoms with E-state index in [0.29, 0.717) is 38.0 Å². The average molecular weight is 382 g/mol. The van der Waals surface area contributed by atoms with Gasteiger partial charge in [0.15, 0.2) is 0 Å². The summed E-state index contributed by atoms with van der Waals surface area (Å²) in [5, 5.41) is 0. The SMILES string of the molecule is O=C1CCCN1CC(=O)N1CCC[C@@H](CCc2cccc(C(F)(F)F)c2)C1. The largest absolute Gasteiger partial charge is 0.416 e. The van der Waals surface area contributed by atoms with Crippen LogP contribution in [-0.4, -0.2) is 47.8 Å². The summed E-state index contributed by atoms with van der Waals surface area (Å²) in [6, 6.07) is 5.47. The van der Waals surface area contributed by atoms with Crippen LogP contribution in [0.2, 0.25) is 0 Å². The number of aryl methyl sites for hydroxylation is 1. The molecule has 2 saturated heterocycles. The summed E-state index contributed by atoms with van der Waals surface area (Å²) in [6.07, 6.45) is 0.211. The summed E-state index contributed by atoms with van der Waals surface area (Å²) in [5.74, 6) is 0.307. The van der Waals surface area contributed by atoms with Crippen molar-refractivity contribution in [3.05, 3.63) is 35.4 Å². The van der Waals surface area contributed by atoms with Gasteiger partial charge in [-0.05, 0) is 49.7 Å². The molecule has 7 heteroatoms. The molecule has 4 nitrogen and oxygen atoms in total. The maximum Gasteiger partial charge on any atom is 0.416 e. The van der Waals surface area contributed by atoms with E-state index in [1.54, 1.807) is 11.0 Å². The van der Waals surface area contributed by atoms with Crippen molar-refractivity contribution in [1.29, 1.82) is 0 Å². The Labute approximate surface area is 157 Å². The van der Waals surface area contributed by atoms with E-state index >= 15 is 0 Å². The van der Waals surface area contributed by atoms with Gasteiger partial charge < -0.3 is 9.80 Å². The molecule has 0 aromatic heterocycles. The first-order chi connectivity index (χ1) is 12.8. The molecule has 148 valence electrons. The smallest absolute Gasteiger partial charge is 0.341 e. The molecule has 1 aromatic rings. The number of nitrogens with zero attached hydrogens (tertiary/aromatic N) is 2. The van der Waals surface area contributed by atoms with E-state index in [9.17, 15) is 22.8 Å². The van der Waals surface area contributed by atoms with E-state index in [1.165, 1.54) is 12.1 Å². The van der Waals surface area contributed by atoms with Gasteiger partial charge in [-0.3, -0.25) is 9.59 Å². The zero-order valence-corrected chi connectivity index (χ0v) is 15.3. The van der Waals surface area contributed by atoms with Crippen LogP contribution in [0.4, 0.5) is 13.2 Å². The number of benzene rings is 1. The van der Waals surface area contributed by atoms with Crippen molar-refractivity contribution in [1.82, 2.24) is 9.80 Å². The predicted molar refractivity (Wildman–Crippen MR) is 94.9 cm³/mol. The Balaban J connectivity index is 1.51. The summed E-state index contributed by atoms with van der Waals surface area (Å²) >= 11 is 0. The first-order valence-electron chi connectivity index (χ1n) is 9.54. The van der Waals surface area contributed by atoms with Gasteiger partial charge in [0.2, 0.25) is 11.8 Å².